The predicted octanol–water partition coefficient (Wildman–Crippen LogP) is 2.13. The van der Waals surface area contributed by atoms with Crippen molar-refractivity contribution in [1.82, 2.24) is 0 Å². The van der Waals surface area contributed by atoms with E-state index in [9.17, 15) is 4.79 Å². The number of hydrogen-bond acceptors (Lipinski definition) is 4. The third-order valence-corrected chi connectivity index (χ3v) is 2.24. The molecule has 0 saturated carbocycles. The van der Waals surface area contributed by atoms with Crippen molar-refractivity contribution in [2.24, 2.45) is 0 Å². The molecule has 4 nitrogen and oxygen atoms in total. The molecule has 1 aromatic carbocycles. The third-order valence-electron chi connectivity index (χ3n) is 2.24. The van der Waals surface area contributed by atoms with Crippen LogP contribution in [0.25, 0.3) is 0 Å². The predicted molar refractivity (Wildman–Crippen MR) is 60.2 cm³/mol. The minimum absolute atomic E-state index is 0.136. The first-order valence-electron chi connectivity index (χ1n) is 5.19. The normalized spacial score (nSPS) is 10.2. The third kappa shape index (κ3) is 2.95. The zero-order valence-corrected chi connectivity index (χ0v) is 9.13. The average Bonchev–Trinajstić information content (AvgIpc) is 2.85. The SMILES string of the molecule is O=C(OCc1coc(CO)c1)c1ccccc1. The topological polar surface area (TPSA) is 59.7 Å². The van der Waals surface area contributed by atoms with E-state index in [2.05, 4.69) is 0 Å². The Bertz CT molecular complexity index is 487. The van der Waals surface area contributed by atoms with Gasteiger partial charge in [0.05, 0.1) is 11.8 Å². The van der Waals surface area contributed by atoms with E-state index in [0.717, 1.165) is 5.56 Å². The highest BCUT2D eigenvalue weighted by Gasteiger charge is 2.07. The van der Waals surface area contributed by atoms with E-state index in [1.165, 1.54) is 6.26 Å². The highest BCUT2D eigenvalue weighted by Crippen LogP contribution is 2.10. The van der Waals surface area contributed by atoms with Crippen molar-refractivity contribution in [3.63, 3.8) is 0 Å². The van der Waals surface area contributed by atoms with Crippen LogP contribution in [0, 0.1) is 0 Å². The fraction of sp³-hybridized carbons (Fsp3) is 0.154. The molecule has 0 spiro atoms. The lowest BCUT2D eigenvalue weighted by molar-refractivity contribution is 0.0472. The summed E-state index contributed by atoms with van der Waals surface area (Å²) >= 11 is 0. The fourth-order valence-electron chi connectivity index (χ4n) is 1.39. The molecule has 0 aliphatic rings. The summed E-state index contributed by atoms with van der Waals surface area (Å²) in [6, 6.07) is 10.4. The van der Waals surface area contributed by atoms with Gasteiger partial charge in [0.15, 0.2) is 0 Å². The Morgan fingerprint density at radius 2 is 2.06 bits per heavy atom. The summed E-state index contributed by atoms with van der Waals surface area (Å²) in [6.45, 7) is -0.0239. The van der Waals surface area contributed by atoms with Gasteiger partial charge in [-0.25, -0.2) is 4.79 Å². The maximum atomic E-state index is 11.6. The molecule has 2 aromatic rings. The summed E-state index contributed by atoms with van der Waals surface area (Å²) in [5.74, 6) is 0.0770. The summed E-state index contributed by atoms with van der Waals surface area (Å²) in [4.78, 5) is 11.6. The zero-order valence-electron chi connectivity index (χ0n) is 9.13. The van der Waals surface area contributed by atoms with Crippen LogP contribution >= 0.6 is 0 Å². The van der Waals surface area contributed by atoms with Gasteiger partial charge >= 0.3 is 5.97 Å². The van der Waals surface area contributed by atoms with Gasteiger partial charge in [0, 0.05) is 5.56 Å². The summed E-state index contributed by atoms with van der Waals surface area (Å²) in [5.41, 5.74) is 1.23. The van der Waals surface area contributed by atoms with E-state index in [1.807, 2.05) is 6.07 Å². The molecule has 0 bridgehead atoms. The molecular formula is C13H12O4. The van der Waals surface area contributed by atoms with Gasteiger partial charge in [-0.3, -0.25) is 0 Å². The molecule has 0 saturated heterocycles. The van der Waals surface area contributed by atoms with Gasteiger partial charge in [-0.2, -0.15) is 0 Å². The smallest absolute Gasteiger partial charge is 0.338 e. The van der Waals surface area contributed by atoms with Crippen molar-refractivity contribution < 1.29 is 19.1 Å². The van der Waals surface area contributed by atoms with Crippen LogP contribution < -0.4 is 0 Å². The molecule has 88 valence electrons. The van der Waals surface area contributed by atoms with Crippen LogP contribution in [0.15, 0.2) is 47.1 Å². The average molecular weight is 232 g/mol. The Kier molecular flexibility index (Phi) is 3.57. The van der Waals surface area contributed by atoms with E-state index in [1.54, 1.807) is 30.3 Å². The minimum atomic E-state index is -0.377. The van der Waals surface area contributed by atoms with Gasteiger partial charge in [0.2, 0.25) is 0 Å². The maximum Gasteiger partial charge on any atom is 0.338 e. The molecule has 4 heteroatoms. The first kappa shape index (κ1) is 11.4. The van der Waals surface area contributed by atoms with Crippen LogP contribution in [0.3, 0.4) is 0 Å². The number of aliphatic hydroxyl groups excluding tert-OH is 1. The molecule has 17 heavy (non-hydrogen) atoms. The standard InChI is InChI=1S/C13H12O4/c14-7-12-6-10(8-16-12)9-17-13(15)11-4-2-1-3-5-11/h1-6,8,14H,7,9H2. The second-order valence-electron chi connectivity index (χ2n) is 3.52. The summed E-state index contributed by atoms with van der Waals surface area (Å²) in [6.07, 6.45) is 1.46. The van der Waals surface area contributed by atoms with Crippen LogP contribution in [-0.2, 0) is 18.0 Å². The summed E-state index contributed by atoms with van der Waals surface area (Å²) < 4.78 is 10.1. The number of benzene rings is 1. The van der Waals surface area contributed by atoms with E-state index in [-0.39, 0.29) is 19.2 Å². The number of hydrogen-bond donors (Lipinski definition) is 1. The van der Waals surface area contributed by atoms with Crippen LogP contribution in [-0.4, -0.2) is 11.1 Å². The highest BCUT2D eigenvalue weighted by atomic mass is 16.5. The minimum Gasteiger partial charge on any atom is -0.466 e. The Hall–Kier alpha value is -2.07. The van der Waals surface area contributed by atoms with Gasteiger partial charge < -0.3 is 14.3 Å². The molecule has 0 fully saturated rings. The number of furan rings is 1. The molecule has 0 aliphatic carbocycles. The van der Waals surface area contributed by atoms with Gasteiger partial charge in [-0.05, 0) is 18.2 Å². The molecule has 1 heterocycles. The number of aliphatic hydroxyl groups is 1. The molecule has 0 unspecified atom stereocenters. The van der Waals surface area contributed by atoms with Crippen LogP contribution in [0.4, 0.5) is 0 Å². The lowest BCUT2D eigenvalue weighted by atomic mass is 10.2. The Labute approximate surface area is 98.4 Å². The molecule has 0 aliphatic heterocycles. The zero-order chi connectivity index (χ0) is 12.1. The lowest BCUT2D eigenvalue weighted by Crippen LogP contribution is -2.04. The van der Waals surface area contributed by atoms with Crippen molar-refractivity contribution in [3.8, 4) is 0 Å². The second-order valence-corrected chi connectivity index (χ2v) is 3.52. The van der Waals surface area contributed by atoms with Crippen LogP contribution in [0.1, 0.15) is 21.7 Å². The highest BCUT2D eigenvalue weighted by molar-refractivity contribution is 5.89. The molecule has 0 atom stereocenters. The van der Waals surface area contributed by atoms with Gasteiger partial charge in [-0.15, -0.1) is 0 Å². The van der Waals surface area contributed by atoms with Crippen molar-refractivity contribution in [1.29, 1.82) is 0 Å². The van der Waals surface area contributed by atoms with E-state index < -0.39 is 0 Å². The first-order chi connectivity index (χ1) is 8.29. The van der Waals surface area contributed by atoms with Crippen molar-refractivity contribution in [2.75, 3.05) is 0 Å². The summed E-state index contributed by atoms with van der Waals surface area (Å²) in [7, 11) is 0. The number of esters is 1. The Morgan fingerprint density at radius 3 is 2.71 bits per heavy atom. The Balaban J connectivity index is 1.92. The molecular weight excluding hydrogens is 220 g/mol. The van der Waals surface area contributed by atoms with Crippen molar-refractivity contribution in [2.45, 2.75) is 13.2 Å². The number of carbonyl (C=O) groups excluding carboxylic acids is 1. The number of rotatable bonds is 4. The molecule has 1 N–H and O–H groups in total. The Morgan fingerprint density at radius 1 is 1.29 bits per heavy atom. The molecule has 1 aromatic heterocycles. The quantitative estimate of drug-likeness (QED) is 0.820. The van der Waals surface area contributed by atoms with Crippen molar-refractivity contribution in [3.05, 3.63) is 59.5 Å². The maximum absolute atomic E-state index is 11.6. The monoisotopic (exact) mass is 232 g/mol. The van der Waals surface area contributed by atoms with E-state index in [0.29, 0.717) is 11.3 Å². The van der Waals surface area contributed by atoms with E-state index in [4.69, 9.17) is 14.3 Å². The van der Waals surface area contributed by atoms with Gasteiger partial charge in [-0.1, -0.05) is 18.2 Å². The second kappa shape index (κ2) is 5.32. The molecule has 2 rings (SSSR count). The van der Waals surface area contributed by atoms with E-state index >= 15 is 0 Å². The molecule has 0 amide bonds. The van der Waals surface area contributed by atoms with Gasteiger partial charge in [0.1, 0.15) is 19.0 Å². The van der Waals surface area contributed by atoms with Gasteiger partial charge in [0.25, 0.3) is 0 Å². The number of ether oxygens (including phenoxy) is 1. The molecule has 0 radical (unpaired) electrons. The summed E-state index contributed by atoms with van der Waals surface area (Å²) in [5, 5.41) is 8.80. The number of carbonyl (C=O) groups is 1. The largest absolute Gasteiger partial charge is 0.466 e. The fourth-order valence-corrected chi connectivity index (χ4v) is 1.39. The first-order valence-corrected chi connectivity index (χ1v) is 5.19. The lowest BCUT2D eigenvalue weighted by Gasteiger charge is -2.02. The van der Waals surface area contributed by atoms with Crippen LogP contribution in [0.2, 0.25) is 0 Å². The van der Waals surface area contributed by atoms with Crippen LogP contribution in [0.5, 0.6) is 0 Å². The van der Waals surface area contributed by atoms with Crippen molar-refractivity contribution >= 4 is 5.97 Å².